The van der Waals surface area contributed by atoms with Crippen LogP contribution in [0.3, 0.4) is 0 Å². The van der Waals surface area contributed by atoms with Crippen LogP contribution < -0.4 is 10.1 Å². The Hall–Kier alpha value is -2.86. The molecule has 3 aromatic rings. The lowest BCUT2D eigenvalue weighted by Crippen LogP contribution is -2.32. The van der Waals surface area contributed by atoms with Gasteiger partial charge < -0.3 is 10.1 Å². The maximum Gasteiger partial charge on any atom is 0.252 e. The van der Waals surface area contributed by atoms with E-state index in [-0.39, 0.29) is 5.91 Å². The van der Waals surface area contributed by atoms with Gasteiger partial charge in [0.2, 0.25) is 0 Å². The van der Waals surface area contributed by atoms with Gasteiger partial charge in [0.05, 0.1) is 0 Å². The first-order valence-electron chi connectivity index (χ1n) is 9.40. The van der Waals surface area contributed by atoms with Crippen LogP contribution in [-0.4, -0.2) is 21.9 Å². The second kappa shape index (κ2) is 8.89. The maximum atomic E-state index is 12.3. The van der Waals surface area contributed by atoms with Crippen LogP contribution in [-0.2, 0) is 0 Å². The van der Waals surface area contributed by atoms with Gasteiger partial charge in [-0.25, -0.2) is 9.97 Å². The SMILES string of the molecule is O=C(NC1CCCC1)c1ccc(Oc2nccnc2Sc2ccccc2)cc1. The van der Waals surface area contributed by atoms with Crippen LogP contribution in [0.25, 0.3) is 0 Å². The smallest absolute Gasteiger partial charge is 0.252 e. The highest BCUT2D eigenvalue weighted by molar-refractivity contribution is 7.99. The molecular formula is C22H21N3O2S. The Balaban J connectivity index is 1.44. The number of carbonyl (C=O) groups excluding carboxylic acids is 1. The first-order valence-corrected chi connectivity index (χ1v) is 10.2. The summed E-state index contributed by atoms with van der Waals surface area (Å²) in [5.74, 6) is 1.03. The molecule has 2 aromatic carbocycles. The number of carbonyl (C=O) groups is 1. The molecule has 0 radical (unpaired) electrons. The zero-order valence-electron chi connectivity index (χ0n) is 15.4. The summed E-state index contributed by atoms with van der Waals surface area (Å²) in [6.07, 6.45) is 7.78. The minimum absolute atomic E-state index is 0.0294. The number of hydrogen-bond acceptors (Lipinski definition) is 5. The molecule has 0 atom stereocenters. The van der Waals surface area contributed by atoms with Crippen LogP contribution in [0.1, 0.15) is 36.0 Å². The third-order valence-corrected chi connectivity index (χ3v) is 5.59. The van der Waals surface area contributed by atoms with Crippen molar-refractivity contribution in [1.82, 2.24) is 15.3 Å². The fourth-order valence-electron chi connectivity index (χ4n) is 3.18. The number of benzene rings is 2. The maximum absolute atomic E-state index is 12.3. The van der Waals surface area contributed by atoms with Crippen LogP contribution in [0, 0.1) is 0 Å². The van der Waals surface area contributed by atoms with E-state index < -0.39 is 0 Å². The van der Waals surface area contributed by atoms with Crippen molar-refractivity contribution in [2.24, 2.45) is 0 Å². The topological polar surface area (TPSA) is 64.1 Å². The lowest BCUT2D eigenvalue weighted by Gasteiger charge is -2.12. The number of nitrogens with zero attached hydrogens (tertiary/aromatic N) is 2. The van der Waals surface area contributed by atoms with Gasteiger partial charge >= 0.3 is 0 Å². The summed E-state index contributed by atoms with van der Waals surface area (Å²) in [6, 6.07) is 17.4. The number of nitrogens with one attached hydrogen (secondary N) is 1. The molecule has 142 valence electrons. The number of amides is 1. The molecule has 5 nitrogen and oxygen atoms in total. The van der Waals surface area contributed by atoms with Crippen LogP contribution in [0.15, 0.2) is 76.9 Å². The predicted octanol–water partition coefficient (Wildman–Crippen LogP) is 5.09. The lowest BCUT2D eigenvalue weighted by molar-refractivity contribution is 0.0938. The summed E-state index contributed by atoms with van der Waals surface area (Å²) in [5, 5.41) is 3.79. The predicted molar refractivity (Wildman–Crippen MR) is 109 cm³/mol. The Morgan fingerprint density at radius 1 is 0.964 bits per heavy atom. The van der Waals surface area contributed by atoms with E-state index in [0.29, 0.717) is 28.3 Å². The normalized spacial score (nSPS) is 14.0. The third-order valence-electron chi connectivity index (χ3n) is 4.61. The Bertz CT molecular complexity index is 926. The molecule has 1 aliphatic rings. The number of aromatic nitrogens is 2. The fraction of sp³-hybridized carbons (Fsp3) is 0.227. The molecule has 0 spiro atoms. The van der Waals surface area contributed by atoms with E-state index in [0.717, 1.165) is 17.7 Å². The van der Waals surface area contributed by atoms with Crippen LogP contribution in [0.2, 0.25) is 0 Å². The van der Waals surface area contributed by atoms with E-state index in [2.05, 4.69) is 15.3 Å². The average Bonchev–Trinajstić information content (AvgIpc) is 3.24. The molecule has 1 fully saturated rings. The molecule has 1 aliphatic carbocycles. The van der Waals surface area contributed by atoms with Gasteiger partial charge in [0.1, 0.15) is 5.75 Å². The van der Waals surface area contributed by atoms with Gasteiger partial charge in [0.25, 0.3) is 11.8 Å². The van der Waals surface area contributed by atoms with Gasteiger partial charge in [0, 0.05) is 28.9 Å². The van der Waals surface area contributed by atoms with Crippen molar-refractivity contribution < 1.29 is 9.53 Å². The highest BCUT2D eigenvalue weighted by Gasteiger charge is 2.18. The van der Waals surface area contributed by atoms with E-state index in [9.17, 15) is 4.79 Å². The molecule has 1 saturated carbocycles. The largest absolute Gasteiger partial charge is 0.437 e. The molecule has 0 aliphatic heterocycles. The van der Waals surface area contributed by atoms with E-state index in [1.54, 1.807) is 36.7 Å². The van der Waals surface area contributed by atoms with E-state index >= 15 is 0 Å². The molecule has 4 rings (SSSR count). The summed E-state index contributed by atoms with van der Waals surface area (Å²) in [5.41, 5.74) is 0.636. The number of rotatable bonds is 6. The average molecular weight is 391 g/mol. The summed E-state index contributed by atoms with van der Waals surface area (Å²) < 4.78 is 5.92. The van der Waals surface area contributed by atoms with Crippen molar-refractivity contribution in [3.8, 4) is 11.6 Å². The van der Waals surface area contributed by atoms with E-state index in [1.165, 1.54) is 24.6 Å². The summed E-state index contributed by atoms with van der Waals surface area (Å²) in [4.78, 5) is 22.1. The van der Waals surface area contributed by atoms with Gasteiger partial charge in [-0.2, -0.15) is 0 Å². The monoisotopic (exact) mass is 391 g/mol. The van der Waals surface area contributed by atoms with Crippen molar-refractivity contribution in [2.45, 2.75) is 41.6 Å². The van der Waals surface area contributed by atoms with Gasteiger partial charge in [0.15, 0.2) is 5.03 Å². The molecular weight excluding hydrogens is 370 g/mol. The van der Waals surface area contributed by atoms with Crippen molar-refractivity contribution in [3.63, 3.8) is 0 Å². The Morgan fingerprint density at radius 2 is 1.68 bits per heavy atom. The highest BCUT2D eigenvalue weighted by Crippen LogP contribution is 2.33. The first kappa shape index (κ1) is 18.5. The van der Waals surface area contributed by atoms with E-state index in [1.807, 2.05) is 30.3 Å². The first-order chi connectivity index (χ1) is 13.8. The van der Waals surface area contributed by atoms with Crippen molar-refractivity contribution in [3.05, 3.63) is 72.6 Å². The van der Waals surface area contributed by atoms with E-state index in [4.69, 9.17) is 4.74 Å². The fourth-order valence-corrected chi connectivity index (χ4v) is 3.99. The van der Waals surface area contributed by atoms with Gasteiger partial charge in [-0.1, -0.05) is 42.8 Å². The van der Waals surface area contributed by atoms with Gasteiger partial charge in [-0.05, 0) is 49.2 Å². The zero-order chi connectivity index (χ0) is 19.2. The second-order valence-corrected chi connectivity index (χ2v) is 7.73. The lowest BCUT2D eigenvalue weighted by atomic mass is 10.1. The minimum atomic E-state index is -0.0294. The summed E-state index contributed by atoms with van der Waals surface area (Å²) >= 11 is 1.50. The minimum Gasteiger partial charge on any atom is -0.437 e. The molecule has 1 aromatic heterocycles. The second-order valence-electron chi connectivity index (χ2n) is 6.66. The number of hydrogen-bond donors (Lipinski definition) is 1. The van der Waals surface area contributed by atoms with Gasteiger partial charge in [-0.3, -0.25) is 4.79 Å². The Labute approximate surface area is 168 Å². The summed E-state index contributed by atoms with van der Waals surface area (Å²) in [7, 11) is 0. The highest BCUT2D eigenvalue weighted by atomic mass is 32.2. The molecule has 0 saturated heterocycles. The molecule has 1 N–H and O–H groups in total. The van der Waals surface area contributed by atoms with Gasteiger partial charge in [-0.15, -0.1) is 0 Å². The molecule has 1 heterocycles. The van der Waals surface area contributed by atoms with Crippen LogP contribution in [0.4, 0.5) is 0 Å². The quantitative estimate of drug-likeness (QED) is 0.634. The summed E-state index contributed by atoms with van der Waals surface area (Å²) in [6.45, 7) is 0. The van der Waals surface area contributed by atoms with Crippen molar-refractivity contribution >= 4 is 17.7 Å². The zero-order valence-corrected chi connectivity index (χ0v) is 16.2. The molecule has 0 bridgehead atoms. The number of ether oxygens (including phenoxy) is 1. The Kier molecular flexibility index (Phi) is 5.87. The van der Waals surface area contributed by atoms with Crippen molar-refractivity contribution in [2.75, 3.05) is 0 Å². The molecule has 6 heteroatoms. The Morgan fingerprint density at radius 3 is 2.43 bits per heavy atom. The van der Waals surface area contributed by atoms with Crippen LogP contribution in [0.5, 0.6) is 11.6 Å². The van der Waals surface area contributed by atoms with Crippen molar-refractivity contribution in [1.29, 1.82) is 0 Å². The standard InChI is InChI=1S/C22H21N3O2S/c26-20(25-17-6-4-5-7-17)16-10-12-18(13-11-16)27-21-22(24-15-14-23-21)28-19-8-2-1-3-9-19/h1-3,8-15,17H,4-7H2,(H,25,26). The molecule has 1 amide bonds. The molecule has 0 unspecified atom stereocenters. The van der Waals surface area contributed by atoms with Crippen LogP contribution >= 0.6 is 11.8 Å². The third kappa shape index (κ3) is 4.70. The molecule has 28 heavy (non-hydrogen) atoms.